The molecule has 4 aromatic carbocycles. The second-order valence-electron chi connectivity index (χ2n) is 21.5. The van der Waals surface area contributed by atoms with Crippen LogP contribution < -0.4 is 10.3 Å². The highest BCUT2D eigenvalue weighted by Crippen LogP contribution is 2.40. The SMILES string of the molecule is Cc1c2c(c(C#N)n1C)c1c(cc(-c3cc4c(cc3C(=O)N3Cc5ccccc5C[C@]3([Si])CN3CCCCC3)CN(C(=O)Cc3ccc(OCCN5CCN(CC(F)F)CC5)cc3)CC4)n1C)c(=O)n2-c1ccc(O)cc1. The smallest absolute Gasteiger partial charge is 0.265 e. The van der Waals surface area contributed by atoms with E-state index in [9.17, 15) is 23.9 Å². The number of nitrogens with zero attached hydrogens (tertiary/aromatic N) is 9. The van der Waals surface area contributed by atoms with Crippen LogP contribution >= 0.6 is 0 Å². The number of carbonyl (C=O) groups excluding carboxylic acids is 2. The number of amides is 2. The molecule has 4 aliphatic rings. The summed E-state index contributed by atoms with van der Waals surface area (Å²) >= 11 is 0. The van der Waals surface area contributed by atoms with Crippen LogP contribution in [0.4, 0.5) is 8.78 Å². The number of hydrogen-bond donors (Lipinski definition) is 1. The van der Waals surface area contributed by atoms with Gasteiger partial charge in [-0.15, -0.1) is 0 Å². The number of aromatic hydroxyl groups is 1. The summed E-state index contributed by atoms with van der Waals surface area (Å²) in [5.74, 6) is 0.550. The molecule has 2 saturated heterocycles. The summed E-state index contributed by atoms with van der Waals surface area (Å²) in [5.41, 5.74) is 9.27. The first-order chi connectivity index (χ1) is 37.2. The summed E-state index contributed by atoms with van der Waals surface area (Å²) in [5, 5.41) is 21.2. The Labute approximate surface area is 450 Å². The molecule has 7 heterocycles. The lowest BCUT2D eigenvalue weighted by molar-refractivity contribution is -0.131. The minimum Gasteiger partial charge on any atom is -0.508 e. The summed E-state index contributed by atoms with van der Waals surface area (Å²) in [6.07, 6.45) is 2.40. The van der Waals surface area contributed by atoms with Gasteiger partial charge in [0.05, 0.1) is 45.0 Å². The van der Waals surface area contributed by atoms with Gasteiger partial charge < -0.3 is 33.7 Å². The minimum absolute atomic E-state index is 0.0327. The molecule has 0 spiro atoms. The average Bonchev–Trinajstić information content (AvgIpc) is 3.94. The van der Waals surface area contributed by atoms with Gasteiger partial charge in [0.1, 0.15) is 29.9 Å². The molecule has 1 N–H and O–H groups in total. The van der Waals surface area contributed by atoms with Crippen LogP contribution in [0.3, 0.4) is 0 Å². The van der Waals surface area contributed by atoms with E-state index in [0.717, 1.165) is 67.0 Å². The van der Waals surface area contributed by atoms with E-state index in [0.29, 0.717) is 121 Å². The van der Waals surface area contributed by atoms with Gasteiger partial charge in [-0.2, -0.15) is 5.26 Å². The number of carbonyl (C=O) groups is 2. The second kappa shape index (κ2) is 21.4. The Hall–Kier alpha value is -7.10. The topological polar surface area (TPSA) is 135 Å². The number of likely N-dealkylation sites (tertiary alicyclic amines) is 1. The van der Waals surface area contributed by atoms with E-state index in [1.54, 1.807) is 26.2 Å². The number of rotatable bonds is 13. The molecule has 77 heavy (non-hydrogen) atoms. The summed E-state index contributed by atoms with van der Waals surface area (Å²) in [6, 6.07) is 30.7. The Morgan fingerprint density at radius 3 is 2.23 bits per heavy atom. The number of ether oxygens (including phenoxy) is 1. The first-order valence-corrected chi connectivity index (χ1v) is 27.4. The number of benzene rings is 4. The Balaban J connectivity index is 0.939. The molecular formula is C60H64F2N9O5Si. The van der Waals surface area contributed by atoms with Crippen LogP contribution in [0.5, 0.6) is 11.5 Å². The largest absolute Gasteiger partial charge is 0.508 e. The Morgan fingerprint density at radius 1 is 0.805 bits per heavy atom. The van der Waals surface area contributed by atoms with Crippen molar-refractivity contribution in [1.29, 1.82) is 5.26 Å². The minimum atomic E-state index is -2.32. The maximum absolute atomic E-state index is 16.1. The van der Waals surface area contributed by atoms with Crippen molar-refractivity contribution >= 4 is 43.9 Å². The van der Waals surface area contributed by atoms with E-state index in [2.05, 4.69) is 50.4 Å². The van der Waals surface area contributed by atoms with Crippen molar-refractivity contribution in [3.8, 4) is 34.5 Å². The van der Waals surface area contributed by atoms with Crippen molar-refractivity contribution in [2.75, 3.05) is 72.1 Å². The zero-order chi connectivity index (χ0) is 53.7. The fourth-order valence-electron chi connectivity index (χ4n) is 12.4. The summed E-state index contributed by atoms with van der Waals surface area (Å²) in [7, 11) is 8.03. The molecule has 7 aromatic rings. The predicted octanol–water partition coefficient (Wildman–Crippen LogP) is 7.31. The van der Waals surface area contributed by atoms with E-state index in [-0.39, 0.29) is 36.1 Å². The third-order valence-corrected chi connectivity index (χ3v) is 17.3. The zero-order valence-electron chi connectivity index (χ0n) is 44.0. The molecule has 4 aliphatic heterocycles. The van der Waals surface area contributed by atoms with Gasteiger partial charge in [-0.25, -0.2) is 8.78 Å². The summed E-state index contributed by atoms with van der Waals surface area (Å²) < 4.78 is 37.1. The molecule has 0 saturated carbocycles. The third-order valence-electron chi connectivity index (χ3n) is 16.6. The molecule has 0 unspecified atom stereocenters. The zero-order valence-corrected chi connectivity index (χ0v) is 45.0. The number of aryl methyl sites for hydroxylation is 2. The fourth-order valence-corrected chi connectivity index (χ4v) is 12.9. The van der Waals surface area contributed by atoms with Gasteiger partial charge >= 0.3 is 0 Å². The van der Waals surface area contributed by atoms with Gasteiger partial charge in [-0.1, -0.05) is 42.8 Å². The van der Waals surface area contributed by atoms with E-state index in [1.807, 2.05) is 77.9 Å². The van der Waals surface area contributed by atoms with Gasteiger partial charge in [0.2, 0.25) is 5.91 Å². The Morgan fingerprint density at radius 2 is 1.52 bits per heavy atom. The van der Waals surface area contributed by atoms with Crippen molar-refractivity contribution in [3.05, 3.63) is 146 Å². The number of pyridine rings is 1. The van der Waals surface area contributed by atoms with Crippen LogP contribution in [-0.4, -0.2) is 149 Å². The van der Waals surface area contributed by atoms with Gasteiger partial charge in [0.25, 0.3) is 17.9 Å². The molecule has 0 aliphatic carbocycles. The van der Waals surface area contributed by atoms with Crippen LogP contribution in [0, 0.1) is 18.3 Å². The quantitative estimate of drug-likeness (QED) is 0.118. The van der Waals surface area contributed by atoms with Crippen molar-refractivity contribution in [2.24, 2.45) is 14.1 Å². The number of nitriles is 1. The Kier molecular flexibility index (Phi) is 14.4. The van der Waals surface area contributed by atoms with Crippen LogP contribution in [-0.2, 0) is 51.2 Å². The first kappa shape index (κ1) is 52.0. The lowest BCUT2D eigenvalue weighted by atomic mass is 9.88. The first-order valence-electron chi connectivity index (χ1n) is 26.9. The second-order valence-corrected chi connectivity index (χ2v) is 22.4. The number of fused-ring (bicyclic) bond motifs is 5. The number of piperazine rings is 1. The highest BCUT2D eigenvalue weighted by Gasteiger charge is 2.43. The lowest BCUT2D eigenvalue weighted by Crippen LogP contribution is -2.61. The number of alkyl halides is 2. The van der Waals surface area contributed by atoms with Gasteiger partial charge in [-0.05, 0) is 128 Å². The number of halogens is 2. The van der Waals surface area contributed by atoms with Crippen molar-refractivity contribution < 1.29 is 28.2 Å². The third kappa shape index (κ3) is 10.1. The maximum Gasteiger partial charge on any atom is 0.265 e. The van der Waals surface area contributed by atoms with E-state index in [1.165, 1.54) is 24.1 Å². The number of hydrogen-bond acceptors (Lipinski definition) is 9. The van der Waals surface area contributed by atoms with Crippen molar-refractivity contribution in [1.82, 2.24) is 38.2 Å². The standard InChI is InChI=1S/C60H64F2N9O5Si/c1-39-56-55(52(34-63)64(39)2)57-50(59(75)71(56)45-13-15-46(72)16-14-45)32-51(65(57)3)48-30-41-19-22-69(54(73)29-40-11-17-47(18-12-40)76-28-27-66-23-25-67(26-24-66)37-53(61)62)35-44(41)31-49(48)58(74)70-36-43-10-6-5-9-42(43)33-60(70,77)38-68-20-7-4-8-21-68/h5-6,9-18,30-32,53,72H,4,7-8,19-29,33,35-38H2,1-3H3/t60-/m0/s1. The summed E-state index contributed by atoms with van der Waals surface area (Å²) in [6.45, 7) is 9.23. The van der Waals surface area contributed by atoms with E-state index in [4.69, 9.17) is 4.74 Å². The molecule has 3 aromatic heterocycles. The van der Waals surface area contributed by atoms with E-state index >= 15 is 9.59 Å². The van der Waals surface area contributed by atoms with Crippen LogP contribution in [0.15, 0.2) is 95.8 Å². The number of piperidine rings is 1. The molecule has 1 atom stereocenters. The van der Waals surface area contributed by atoms with Crippen LogP contribution in [0.2, 0.25) is 0 Å². The van der Waals surface area contributed by atoms with Gasteiger partial charge in [0, 0.05) is 106 Å². The maximum atomic E-state index is 16.1. The van der Waals surface area contributed by atoms with Crippen molar-refractivity contribution in [3.63, 3.8) is 0 Å². The highest BCUT2D eigenvalue weighted by atomic mass is 28.1. The average molecular weight is 1060 g/mol. The van der Waals surface area contributed by atoms with E-state index < -0.39 is 11.6 Å². The predicted molar refractivity (Wildman–Crippen MR) is 294 cm³/mol. The van der Waals surface area contributed by atoms with Gasteiger partial charge in [0.15, 0.2) is 0 Å². The molecule has 2 amide bonds. The molecule has 11 rings (SSSR count). The lowest BCUT2D eigenvalue weighted by Gasteiger charge is -2.48. The monoisotopic (exact) mass is 1060 g/mol. The molecule has 397 valence electrons. The normalized spacial score (nSPS) is 18.5. The van der Waals surface area contributed by atoms with Gasteiger partial charge in [-0.3, -0.25) is 28.8 Å². The molecule has 3 radical (unpaired) electrons. The Bertz CT molecular complexity index is 3500. The summed E-state index contributed by atoms with van der Waals surface area (Å²) in [4.78, 5) is 55.7. The van der Waals surface area contributed by atoms with Crippen LogP contribution in [0.25, 0.3) is 38.8 Å². The number of phenols is 1. The van der Waals surface area contributed by atoms with Crippen LogP contribution in [0.1, 0.15) is 68.8 Å². The fraction of sp³-hybridized carbons (Fsp3) is 0.400. The highest BCUT2D eigenvalue weighted by molar-refractivity contribution is 6.19. The number of phenolic OH excluding ortho intramolecular Hbond substituents is 1. The molecule has 0 bridgehead atoms. The number of aromatic nitrogens is 3. The molecule has 2 fully saturated rings. The molecule has 17 heteroatoms. The molecule has 14 nitrogen and oxygen atoms in total. The van der Waals surface area contributed by atoms with Crippen molar-refractivity contribution in [2.45, 2.75) is 70.1 Å². The molecular weight excluding hydrogens is 993 g/mol.